The van der Waals surface area contributed by atoms with Crippen LogP contribution in [0, 0.1) is 23.7 Å². The van der Waals surface area contributed by atoms with E-state index in [9.17, 15) is 5.11 Å². The molecule has 0 aromatic carbocycles. The second-order valence-electron chi connectivity index (χ2n) is 9.12. The van der Waals surface area contributed by atoms with Crippen molar-refractivity contribution < 1.29 is 24.1 Å². The van der Waals surface area contributed by atoms with E-state index in [0.717, 1.165) is 32.2 Å². The Morgan fingerprint density at radius 2 is 1.69 bits per heavy atom. The molecule has 26 heavy (non-hydrogen) atoms. The highest BCUT2D eigenvalue weighted by atomic mass is 16.7. The van der Waals surface area contributed by atoms with Crippen LogP contribution in [0.4, 0.5) is 0 Å². The molecule has 0 spiro atoms. The maximum atomic E-state index is 10.9. The molecule has 1 N–H and O–H groups in total. The van der Waals surface area contributed by atoms with E-state index in [0.29, 0.717) is 36.5 Å². The zero-order chi connectivity index (χ0) is 17.8. The minimum absolute atomic E-state index is 0.145. The third-order valence-corrected chi connectivity index (χ3v) is 8.20. The van der Waals surface area contributed by atoms with Gasteiger partial charge in [0.1, 0.15) is 13.0 Å². The molecular formula is C20H33NO5. The quantitative estimate of drug-likeness (QED) is 0.800. The van der Waals surface area contributed by atoms with Gasteiger partial charge in [-0.15, -0.1) is 0 Å². The van der Waals surface area contributed by atoms with Gasteiger partial charge in [0.2, 0.25) is 0 Å². The number of rotatable bonds is 2. The highest BCUT2D eigenvalue weighted by Crippen LogP contribution is 2.51. The Bertz CT molecular complexity index is 518. The molecule has 6 heteroatoms. The molecule has 0 aromatic heterocycles. The Labute approximate surface area is 156 Å². The topological polar surface area (TPSA) is 60.4 Å². The molecule has 5 fully saturated rings. The van der Waals surface area contributed by atoms with Gasteiger partial charge in [0.05, 0.1) is 24.4 Å². The van der Waals surface area contributed by atoms with Crippen LogP contribution in [0.2, 0.25) is 0 Å². The summed E-state index contributed by atoms with van der Waals surface area (Å²) in [7, 11) is 3.61. The lowest BCUT2D eigenvalue weighted by Gasteiger charge is -2.58. The summed E-state index contributed by atoms with van der Waals surface area (Å²) in [4.78, 5) is 2.39. The fourth-order valence-electron chi connectivity index (χ4n) is 6.96. The third-order valence-electron chi connectivity index (χ3n) is 8.20. The molecule has 0 aromatic rings. The van der Waals surface area contributed by atoms with Crippen molar-refractivity contribution in [3.05, 3.63) is 0 Å². The molecule has 5 rings (SSSR count). The summed E-state index contributed by atoms with van der Waals surface area (Å²) < 4.78 is 23.2. The number of piperidine rings is 2. The minimum atomic E-state index is -0.332. The Morgan fingerprint density at radius 3 is 2.46 bits per heavy atom. The van der Waals surface area contributed by atoms with Crippen LogP contribution in [0.3, 0.4) is 0 Å². The fraction of sp³-hybridized carbons (Fsp3) is 1.00. The van der Waals surface area contributed by atoms with E-state index in [-0.39, 0.29) is 30.6 Å². The molecule has 2 saturated carbocycles. The van der Waals surface area contributed by atoms with Crippen molar-refractivity contribution in [3.8, 4) is 0 Å². The molecule has 2 aliphatic carbocycles. The van der Waals surface area contributed by atoms with Crippen molar-refractivity contribution in [1.82, 2.24) is 4.90 Å². The van der Waals surface area contributed by atoms with E-state index in [4.69, 9.17) is 18.9 Å². The van der Waals surface area contributed by atoms with Crippen LogP contribution in [-0.2, 0) is 18.9 Å². The first-order chi connectivity index (χ1) is 12.7. The van der Waals surface area contributed by atoms with Crippen molar-refractivity contribution >= 4 is 0 Å². The summed E-state index contributed by atoms with van der Waals surface area (Å²) in [5.74, 6) is 2.34. The Morgan fingerprint density at radius 1 is 0.885 bits per heavy atom. The van der Waals surface area contributed by atoms with E-state index in [1.165, 1.54) is 12.8 Å². The summed E-state index contributed by atoms with van der Waals surface area (Å²) in [6.45, 7) is 1.38. The zero-order valence-corrected chi connectivity index (χ0v) is 16.0. The molecule has 9 unspecified atom stereocenters. The number of hydrogen-bond donors (Lipinski definition) is 1. The summed E-state index contributed by atoms with van der Waals surface area (Å²) in [6.07, 6.45) is 7.01. The average Bonchev–Trinajstić information content (AvgIpc) is 3.12. The zero-order valence-electron chi connectivity index (χ0n) is 16.0. The number of aliphatic hydroxyl groups excluding tert-OH is 1. The number of hydrogen-bond acceptors (Lipinski definition) is 6. The molecule has 3 saturated heterocycles. The first-order valence-electron chi connectivity index (χ1n) is 10.4. The SMILES string of the molecule is COC1CCC2CC3C4CC5OCOC5CC4C[C@@H](O)N3CC2C1OC. The number of methoxy groups -OCH3 is 2. The highest BCUT2D eigenvalue weighted by molar-refractivity contribution is 5.05. The first-order valence-corrected chi connectivity index (χ1v) is 10.4. The maximum absolute atomic E-state index is 10.9. The fourth-order valence-corrected chi connectivity index (χ4v) is 6.96. The van der Waals surface area contributed by atoms with Crippen LogP contribution < -0.4 is 0 Å². The van der Waals surface area contributed by atoms with Crippen molar-refractivity contribution in [3.63, 3.8) is 0 Å². The third kappa shape index (κ3) is 2.76. The lowest BCUT2D eigenvalue weighted by Crippen LogP contribution is -2.64. The lowest BCUT2D eigenvalue weighted by atomic mass is 9.62. The van der Waals surface area contributed by atoms with Gasteiger partial charge in [-0.3, -0.25) is 4.90 Å². The molecule has 0 bridgehead atoms. The molecule has 0 amide bonds. The van der Waals surface area contributed by atoms with Crippen molar-refractivity contribution in [2.45, 2.75) is 75.2 Å². The predicted molar refractivity (Wildman–Crippen MR) is 94.4 cm³/mol. The Hall–Kier alpha value is -0.240. The molecule has 6 nitrogen and oxygen atoms in total. The molecule has 10 atom stereocenters. The highest BCUT2D eigenvalue weighted by Gasteiger charge is 2.54. The predicted octanol–water partition coefficient (Wildman–Crippen LogP) is 1.61. The van der Waals surface area contributed by atoms with Crippen LogP contribution in [0.15, 0.2) is 0 Å². The summed E-state index contributed by atoms with van der Waals surface area (Å²) >= 11 is 0. The van der Waals surface area contributed by atoms with Gasteiger partial charge >= 0.3 is 0 Å². The average molecular weight is 367 g/mol. The van der Waals surface area contributed by atoms with Gasteiger partial charge in [0.15, 0.2) is 0 Å². The second-order valence-corrected chi connectivity index (χ2v) is 9.12. The van der Waals surface area contributed by atoms with Crippen molar-refractivity contribution in [1.29, 1.82) is 0 Å². The molecule has 0 radical (unpaired) electrons. The Balaban J connectivity index is 1.37. The lowest BCUT2D eigenvalue weighted by molar-refractivity contribution is -0.189. The second kappa shape index (κ2) is 6.98. The van der Waals surface area contributed by atoms with E-state index < -0.39 is 0 Å². The molecular weight excluding hydrogens is 334 g/mol. The monoisotopic (exact) mass is 367 g/mol. The van der Waals surface area contributed by atoms with Crippen molar-refractivity contribution in [2.75, 3.05) is 27.6 Å². The molecule has 148 valence electrons. The normalized spacial score (nSPS) is 54.1. The molecule has 5 aliphatic rings. The van der Waals surface area contributed by atoms with Gasteiger partial charge in [0.25, 0.3) is 0 Å². The van der Waals surface area contributed by atoms with Gasteiger partial charge in [-0.1, -0.05) is 0 Å². The number of ether oxygens (including phenoxy) is 4. The van der Waals surface area contributed by atoms with Crippen LogP contribution in [0.1, 0.15) is 38.5 Å². The molecule has 3 heterocycles. The summed E-state index contributed by atoms with van der Waals surface area (Å²) in [6, 6.07) is 0.478. The van der Waals surface area contributed by atoms with Gasteiger partial charge in [0, 0.05) is 32.7 Å². The minimum Gasteiger partial charge on any atom is -0.379 e. The smallest absolute Gasteiger partial charge is 0.147 e. The summed E-state index contributed by atoms with van der Waals surface area (Å²) in [5.41, 5.74) is 0. The van der Waals surface area contributed by atoms with Crippen LogP contribution >= 0.6 is 0 Å². The van der Waals surface area contributed by atoms with Crippen LogP contribution in [-0.4, -0.2) is 74.2 Å². The maximum Gasteiger partial charge on any atom is 0.147 e. The van der Waals surface area contributed by atoms with Crippen LogP contribution in [0.5, 0.6) is 0 Å². The van der Waals surface area contributed by atoms with E-state index in [1.54, 1.807) is 7.11 Å². The summed E-state index contributed by atoms with van der Waals surface area (Å²) in [5, 5.41) is 10.9. The van der Waals surface area contributed by atoms with E-state index in [2.05, 4.69) is 4.90 Å². The van der Waals surface area contributed by atoms with Crippen LogP contribution in [0.25, 0.3) is 0 Å². The van der Waals surface area contributed by atoms with E-state index >= 15 is 0 Å². The number of nitrogens with zero attached hydrogens (tertiary/aromatic N) is 1. The van der Waals surface area contributed by atoms with Gasteiger partial charge in [-0.25, -0.2) is 0 Å². The number of fused-ring (bicyclic) bond motifs is 5. The van der Waals surface area contributed by atoms with Crippen molar-refractivity contribution in [2.24, 2.45) is 23.7 Å². The largest absolute Gasteiger partial charge is 0.379 e. The van der Waals surface area contributed by atoms with E-state index in [1.807, 2.05) is 7.11 Å². The Kier molecular flexibility index (Phi) is 4.78. The van der Waals surface area contributed by atoms with Gasteiger partial charge < -0.3 is 24.1 Å². The molecule has 3 aliphatic heterocycles. The van der Waals surface area contributed by atoms with Gasteiger partial charge in [-0.2, -0.15) is 0 Å². The number of aliphatic hydroxyl groups is 1. The first kappa shape index (κ1) is 17.8. The standard InChI is InChI=1S/C20H33NO5/c1-23-16-4-3-11-5-15-13-8-18-17(25-10-26-18)6-12(13)7-19(22)21(15)9-14(11)20(16)24-2/h11-20,22H,3-10H2,1-2H3/t11?,12?,13?,14?,15?,16?,17?,18?,19-,20?/m1/s1. The van der Waals surface area contributed by atoms with Gasteiger partial charge in [-0.05, 0) is 56.3 Å².